The number of aliphatic carboxylic acids is 1. The van der Waals surface area contributed by atoms with Crippen LogP contribution in [0.3, 0.4) is 0 Å². The molecule has 8 heavy (non-hydrogen) atoms. The Kier molecular flexibility index (Phi) is 2.84. The Morgan fingerprint density at radius 1 is 1.88 bits per heavy atom. The lowest BCUT2D eigenvalue weighted by Crippen LogP contribution is -1.90. The summed E-state index contributed by atoms with van der Waals surface area (Å²) in [7, 11) is 0. The molecule has 0 unspecified atom stereocenters. The van der Waals surface area contributed by atoms with E-state index in [2.05, 4.69) is 0 Å². The van der Waals surface area contributed by atoms with Gasteiger partial charge >= 0.3 is 5.97 Å². The van der Waals surface area contributed by atoms with Crippen molar-refractivity contribution in [2.24, 2.45) is 0 Å². The second-order valence-corrected chi connectivity index (χ2v) is 1.46. The zero-order valence-corrected chi connectivity index (χ0v) is 4.52. The van der Waals surface area contributed by atoms with Crippen LogP contribution in [0.2, 0.25) is 0 Å². The zero-order chi connectivity index (χ0) is 6.57. The molecule has 0 aromatic rings. The smallest absolute Gasteiger partial charge is 0.328 e. The monoisotopic (exact) mass is 118 g/mol. The fraction of sp³-hybridized carbons (Fsp3) is 0.400. The van der Waals surface area contributed by atoms with Crippen molar-refractivity contribution in [3.63, 3.8) is 0 Å². The molecule has 0 fully saturated rings. The minimum absolute atomic E-state index is 0.234. The molecule has 0 bridgehead atoms. The summed E-state index contributed by atoms with van der Waals surface area (Å²) in [5, 5.41) is 7.97. The Bertz CT molecular complexity index is 118. The van der Waals surface area contributed by atoms with Gasteiger partial charge in [0.25, 0.3) is 0 Å². The lowest BCUT2D eigenvalue weighted by Gasteiger charge is -1.85. The van der Waals surface area contributed by atoms with Crippen molar-refractivity contribution in [2.75, 3.05) is 6.67 Å². The highest BCUT2D eigenvalue weighted by Crippen LogP contribution is 1.90. The molecule has 46 valence electrons. The van der Waals surface area contributed by atoms with Crippen LogP contribution in [0.5, 0.6) is 0 Å². The molecule has 0 rings (SSSR count). The number of hydrogen-bond acceptors (Lipinski definition) is 1. The van der Waals surface area contributed by atoms with E-state index in [4.69, 9.17) is 5.11 Å². The molecule has 0 spiro atoms. The summed E-state index contributed by atoms with van der Waals surface area (Å²) in [5.41, 5.74) is 0.234. The second-order valence-electron chi connectivity index (χ2n) is 1.46. The van der Waals surface area contributed by atoms with E-state index < -0.39 is 12.6 Å². The van der Waals surface area contributed by atoms with Gasteiger partial charge in [-0.1, -0.05) is 0 Å². The number of carboxylic acid groups (broad SMARTS) is 1. The van der Waals surface area contributed by atoms with Gasteiger partial charge in [0.05, 0.1) is 0 Å². The third kappa shape index (κ3) is 3.33. The summed E-state index contributed by atoms with van der Waals surface area (Å²) < 4.78 is 11.4. The van der Waals surface area contributed by atoms with Crippen LogP contribution in [0.15, 0.2) is 11.6 Å². The molecular formula is C5H7FO2. The summed E-state index contributed by atoms with van der Waals surface area (Å²) in [6.07, 6.45) is 0.847. The van der Waals surface area contributed by atoms with Gasteiger partial charge in [-0.3, -0.25) is 0 Å². The summed E-state index contributed by atoms with van der Waals surface area (Å²) >= 11 is 0. The minimum Gasteiger partial charge on any atom is -0.478 e. The van der Waals surface area contributed by atoms with Crippen LogP contribution in [-0.2, 0) is 4.79 Å². The average Bonchev–Trinajstić information content (AvgIpc) is 1.65. The third-order valence-corrected chi connectivity index (χ3v) is 0.581. The van der Waals surface area contributed by atoms with E-state index in [1.54, 1.807) is 0 Å². The predicted molar refractivity (Wildman–Crippen MR) is 27.4 cm³/mol. The standard InChI is InChI=1S/C5H7FO2/c1-4(3-6)2-5(7)8/h2H,3H2,1H3,(H,7,8)/b4-2-. The second kappa shape index (κ2) is 3.18. The lowest BCUT2D eigenvalue weighted by molar-refractivity contribution is -0.131. The highest BCUT2D eigenvalue weighted by molar-refractivity contribution is 5.80. The maximum Gasteiger partial charge on any atom is 0.328 e. The van der Waals surface area contributed by atoms with Gasteiger partial charge in [0.2, 0.25) is 0 Å². The summed E-state index contributed by atoms with van der Waals surface area (Å²) in [6.45, 7) is 0.737. The molecule has 0 aliphatic heterocycles. The number of hydrogen-bond donors (Lipinski definition) is 1. The van der Waals surface area contributed by atoms with E-state index >= 15 is 0 Å². The van der Waals surface area contributed by atoms with E-state index in [0.717, 1.165) is 6.08 Å². The summed E-state index contributed by atoms with van der Waals surface area (Å²) in [6, 6.07) is 0. The molecule has 0 aliphatic rings. The molecule has 2 nitrogen and oxygen atoms in total. The van der Waals surface area contributed by atoms with Gasteiger partial charge in [0.15, 0.2) is 0 Å². The van der Waals surface area contributed by atoms with Crippen molar-refractivity contribution in [2.45, 2.75) is 6.92 Å². The Hall–Kier alpha value is -0.860. The molecule has 0 radical (unpaired) electrons. The van der Waals surface area contributed by atoms with Crippen molar-refractivity contribution in [3.8, 4) is 0 Å². The molecule has 0 amide bonds. The average molecular weight is 118 g/mol. The first-order valence-corrected chi connectivity index (χ1v) is 2.13. The molecule has 0 aromatic heterocycles. The first kappa shape index (κ1) is 7.14. The quantitative estimate of drug-likeness (QED) is 0.549. The number of allylic oxidation sites excluding steroid dienone is 1. The predicted octanol–water partition coefficient (Wildman–Crippen LogP) is 0.987. The Morgan fingerprint density at radius 2 is 2.38 bits per heavy atom. The van der Waals surface area contributed by atoms with Crippen LogP contribution < -0.4 is 0 Å². The Labute approximate surface area is 46.6 Å². The summed E-state index contributed by atoms with van der Waals surface area (Å²) in [5.74, 6) is -1.10. The molecule has 3 heteroatoms. The normalized spacial score (nSPS) is 11.5. The Balaban J connectivity index is 3.75. The van der Waals surface area contributed by atoms with Gasteiger partial charge in [-0.25, -0.2) is 9.18 Å². The fourth-order valence-corrected chi connectivity index (χ4v) is 0.249. The third-order valence-electron chi connectivity index (χ3n) is 0.581. The largest absolute Gasteiger partial charge is 0.478 e. The Morgan fingerprint density at radius 3 is 2.50 bits per heavy atom. The van der Waals surface area contributed by atoms with Crippen LogP contribution in [0.25, 0.3) is 0 Å². The molecule has 0 heterocycles. The van der Waals surface area contributed by atoms with E-state index in [9.17, 15) is 9.18 Å². The van der Waals surface area contributed by atoms with Gasteiger partial charge in [-0.2, -0.15) is 0 Å². The molecular weight excluding hydrogens is 111 g/mol. The minimum atomic E-state index is -1.10. The van der Waals surface area contributed by atoms with Crippen molar-refractivity contribution in [1.29, 1.82) is 0 Å². The SMILES string of the molecule is C/C(=C/C(=O)O)CF. The van der Waals surface area contributed by atoms with Crippen LogP contribution in [0.4, 0.5) is 4.39 Å². The molecule has 0 aromatic carbocycles. The van der Waals surface area contributed by atoms with E-state index in [1.807, 2.05) is 0 Å². The topological polar surface area (TPSA) is 37.3 Å². The van der Waals surface area contributed by atoms with Crippen molar-refractivity contribution in [1.82, 2.24) is 0 Å². The maximum atomic E-state index is 11.4. The molecule has 0 atom stereocenters. The van der Waals surface area contributed by atoms with Crippen LogP contribution >= 0.6 is 0 Å². The molecule has 0 saturated heterocycles. The number of alkyl halides is 1. The van der Waals surface area contributed by atoms with Gasteiger partial charge in [0, 0.05) is 6.08 Å². The van der Waals surface area contributed by atoms with Gasteiger partial charge in [-0.15, -0.1) is 0 Å². The fourth-order valence-electron chi connectivity index (χ4n) is 0.249. The van der Waals surface area contributed by atoms with E-state index in [-0.39, 0.29) is 5.57 Å². The van der Waals surface area contributed by atoms with Gasteiger partial charge in [-0.05, 0) is 12.5 Å². The van der Waals surface area contributed by atoms with Crippen LogP contribution in [0, 0.1) is 0 Å². The highest BCUT2D eigenvalue weighted by atomic mass is 19.1. The molecule has 1 N–H and O–H groups in total. The zero-order valence-electron chi connectivity index (χ0n) is 4.52. The number of rotatable bonds is 2. The van der Waals surface area contributed by atoms with E-state index in [1.165, 1.54) is 6.92 Å². The maximum absolute atomic E-state index is 11.4. The van der Waals surface area contributed by atoms with Crippen molar-refractivity contribution >= 4 is 5.97 Å². The number of carbonyl (C=O) groups is 1. The van der Waals surface area contributed by atoms with Crippen molar-refractivity contribution in [3.05, 3.63) is 11.6 Å². The van der Waals surface area contributed by atoms with Gasteiger partial charge in [0.1, 0.15) is 6.67 Å². The lowest BCUT2D eigenvalue weighted by atomic mass is 10.3. The number of halogens is 1. The van der Waals surface area contributed by atoms with Gasteiger partial charge < -0.3 is 5.11 Å². The molecule has 0 saturated carbocycles. The molecule has 0 aliphatic carbocycles. The first-order valence-electron chi connectivity index (χ1n) is 2.13. The van der Waals surface area contributed by atoms with Crippen LogP contribution in [0.1, 0.15) is 6.92 Å². The van der Waals surface area contributed by atoms with Crippen molar-refractivity contribution < 1.29 is 14.3 Å². The first-order chi connectivity index (χ1) is 3.66. The highest BCUT2D eigenvalue weighted by Gasteiger charge is 1.90. The van der Waals surface area contributed by atoms with Crippen LogP contribution in [-0.4, -0.2) is 17.8 Å². The van der Waals surface area contributed by atoms with E-state index in [0.29, 0.717) is 0 Å². The summed E-state index contributed by atoms with van der Waals surface area (Å²) in [4.78, 5) is 9.73. The number of carboxylic acids is 1.